The first-order valence-electron chi connectivity index (χ1n) is 7.52. The Morgan fingerprint density at radius 2 is 2.20 bits per heavy atom. The van der Waals surface area contributed by atoms with E-state index in [4.69, 9.17) is 4.74 Å². The van der Waals surface area contributed by atoms with Gasteiger partial charge in [0.15, 0.2) is 5.69 Å². The maximum absolute atomic E-state index is 12.8. The van der Waals surface area contributed by atoms with Crippen molar-refractivity contribution in [3.63, 3.8) is 0 Å². The molecular formula is C15H23N3O2. The van der Waals surface area contributed by atoms with Gasteiger partial charge in [-0.05, 0) is 39.2 Å². The number of carbonyl (C=O) groups excluding carboxylic acids is 1. The molecule has 1 aliphatic carbocycles. The molecule has 1 aromatic heterocycles. The molecule has 1 atom stereocenters. The molecule has 2 fully saturated rings. The maximum Gasteiger partial charge on any atom is 0.274 e. The summed E-state index contributed by atoms with van der Waals surface area (Å²) in [5.41, 5.74) is 1.77. The van der Waals surface area contributed by atoms with Crippen LogP contribution in [-0.2, 0) is 11.8 Å². The first kappa shape index (κ1) is 13.6. The highest BCUT2D eigenvalue weighted by atomic mass is 16.5. The van der Waals surface area contributed by atoms with Gasteiger partial charge in [-0.25, -0.2) is 0 Å². The third-order valence-corrected chi connectivity index (χ3v) is 4.22. The molecule has 1 saturated carbocycles. The fourth-order valence-electron chi connectivity index (χ4n) is 3.04. The molecule has 0 spiro atoms. The summed E-state index contributed by atoms with van der Waals surface area (Å²) in [7, 11) is 1.93. The van der Waals surface area contributed by atoms with Crippen molar-refractivity contribution in [2.45, 2.75) is 51.1 Å². The van der Waals surface area contributed by atoms with Gasteiger partial charge in [0.05, 0.1) is 12.6 Å². The van der Waals surface area contributed by atoms with E-state index < -0.39 is 0 Å². The Balaban J connectivity index is 1.83. The molecule has 1 aliphatic heterocycles. The Hall–Kier alpha value is -1.36. The number of aromatic nitrogens is 2. The lowest BCUT2D eigenvalue weighted by atomic mass is 10.1. The van der Waals surface area contributed by atoms with Gasteiger partial charge in [0.25, 0.3) is 5.91 Å². The zero-order valence-electron chi connectivity index (χ0n) is 12.5. The topological polar surface area (TPSA) is 47.4 Å². The van der Waals surface area contributed by atoms with Crippen molar-refractivity contribution in [1.82, 2.24) is 14.7 Å². The standard InChI is InChI=1S/C15H23N3O2/c1-10(2)18(12-6-7-20-9-12)15(19)13-8-14(11-4-5-11)17(3)16-13/h8,10-12H,4-7,9H2,1-3H3. The van der Waals surface area contributed by atoms with E-state index in [1.54, 1.807) is 0 Å². The number of rotatable bonds is 4. The predicted octanol–water partition coefficient (Wildman–Crippen LogP) is 1.94. The van der Waals surface area contributed by atoms with Crippen LogP contribution >= 0.6 is 0 Å². The minimum absolute atomic E-state index is 0.0398. The molecule has 1 amide bonds. The molecule has 0 N–H and O–H groups in total. The molecule has 0 radical (unpaired) electrons. The lowest BCUT2D eigenvalue weighted by Crippen LogP contribution is -2.45. The second kappa shape index (κ2) is 5.20. The Morgan fingerprint density at radius 1 is 1.45 bits per heavy atom. The highest BCUT2D eigenvalue weighted by molar-refractivity contribution is 5.93. The third-order valence-electron chi connectivity index (χ3n) is 4.22. The molecule has 0 aromatic carbocycles. The smallest absolute Gasteiger partial charge is 0.274 e. The second-order valence-electron chi connectivity index (χ2n) is 6.18. The van der Waals surface area contributed by atoms with Crippen molar-refractivity contribution in [2.24, 2.45) is 7.05 Å². The summed E-state index contributed by atoms with van der Waals surface area (Å²) in [5.74, 6) is 0.648. The molecule has 0 bridgehead atoms. The van der Waals surface area contributed by atoms with Crippen molar-refractivity contribution in [1.29, 1.82) is 0 Å². The van der Waals surface area contributed by atoms with Crippen LogP contribution in [0.5, 0.6) is 0 Å². The average molecular weight is 277 g/mol. The van der Waals surface area contributed by atoms with Crippen LogP contribution in [0.4, 0.5) is 0 Å². The zero-order valence-corrected chi connectivity index (χ0v) is 12.5. The van der Waals surface area contributed by atoms with Gasteiger partial charge in [-0.15, -0.1) is 0 Å². The summed E-state index contributed by atoms with van der Waals surface area (Å²) in [6.07, 6.45) is 3.36. The Morgan fingerprint density at radius 3 is 2.75 bits per heavy atom. The molecule has 20 heavy (non-hydrogen) atoms. The van der Waals surface area contributed by atoms with Crippen LogP contribution in [0.2, 0.25) is 0 Å². The number of aryl methyl sites for hydroxylation is 1. The second-order valence-corrected chi connectivity index (χ2v) is 6.18. The fourth-order valence-corrected chi connectivity index (χ4v) is 3.04. The summed E-state index contributed by atoms with van der Waals surface area (Å²) in [6, 6.07) is 2.33. The van der Waals surface area contributed by atoms with Crippen LogP contribution in [0.1, 0.15) is 55.2 Å². The molecule has 110 valence electrons. The number of hydrogen-bond acceptors (Lipinski definition) is 3. The summed E-state index contributed by atoms with van der Waals surface area (Å²) in [4.78, 5) is 14.7. The first-order chi connectivity index (χ1) is 9.58. The summed E-state index contributed by atoms with van der Waals surface area (Å²) in [5, 5.41) is 4.43. The van der Waals surface area contributed by atoms with E-state index in [0.29, 0.717) is 18.2 Å². The van der Waals surface area contributed by atoms with Crippen molar-refractivity contribution in [2.75, 3.05) is 13.2 Å². The van der Waals surface area contributed by atoms with Crippen LogP contribution in [-0.4, -0.2) is 45.9 Å². The van der Waals surface area contributed by atoms with E-state index in [-0.39, 0.29) is 18.0 Å². The highest BCUT2D eigenvalue weighted by Gasteiger charge is 2.33. The molecular weight excluding hydrogens is 254 g/mol. The minimum Gasteiger partial charge on any atom is -0.379 e. The van der Waals surface area contributed by atoms with E-state index in [1.165, 1.54) is 18.5 Å². The van der Waals surface area contributed by atoms with Crippen molar-refractivity contribution < 1.29 is 9.53 Å². The zero-order chi connectivity index (χ0) is 14.3. The molecule has 5 nitrogen and oxygen atoms in total. The summed E-state index contributed by atoms with van der Waals surface area (Å²) < 4.78 is 7.30. The van der Waals surface area contributed by atoms with E-state index in [0.717, 1.165) is 13.0 Å². The summed E-state index contributed by atoms with van der Waals surface area (Å²) in [6.45, 7) is 5.50. The van der Waals surface area contributed by atoms with Crippen LogP contribution in [0.15, 0.2) is 6.07 Å². The third kappa shape index (κ3) is 2.46. The molecule has 2 heterocycles. The monoisotopic (exact) mass is 277 g/mol. The van der Waals surface area contributed by atoms with Crippen LogP contribution in [0.25, 0.3) is 0 Å². The molecule has 3 rings (SSSR count). The van der Waals surface area contributed by atoms with Crippen molar-refractivity contribution in [3.8, 4) is 0 Å². The number of carbonyl (C=O) groups is 1. The number of amides is 1. The SMILES string of the molecule is CC(C)N(C(=O)c1cc(C2CC2)n(C)n1)C1CCOC1. The molecule has 2 aliphatic rings. The highest BCUT2D eigenvalue weighted by Crippen LogP contribution is 2.40. The lowest BCUT2D eigenvalue weighted by Gasteiger charge is -2.31. The largest absolute Gasteiger partial charge is 0.379 e. The van der Waals surface area contributed by atoms with E-state index in [1.807, 2.05) is 22.7 Å². The fraction of sp³-hybridized carbons (Fsp3) is 0.733. The van der Waals surface area contributed by atoms with Gasteiger partial charge in [-0.3, -0.25) is 9.48 Å². The van der Waals surface area contributed by atoms with Crippen LogP contribution < -0.4 is 0 Å². The van der Waals surface area contributed by atoms with Gasteiger partial charge in [0.2, 0.25) is 0 Å². The van der Waals surface area contributed by atoms with Gasteiger partial charge < -0.3 is 9.64 Å². The normalized spacial score (nSPS) is 22.5. The Labute approximate surface area is 119 Å². The van der Waals surface area contributed by atoms with Gasteiger partial charge in [0.1, 0.15) is 0 Å². The molecule has 1 aromatic rings. The lowest BCUT2D eigenvalue weighted by molar-refractivity contribution is 0.0574. The van der Waals surface area contributed by atoms with Crippen molar-refractivity contribution in [3.05, 3.63) is 17.5 Å². The first-order valence-corrected chi connectivity index (χ1v) is 7.52. The number of nitrogens with zero attached hydrogens (tertiary/aromatic N) is 3. The van der Waals surface area contributed by atoms with Gasteiger partial charge in [0, 0.05) is 31.3 Å². The molecule has 1 unspecified atom stereocenters. The van der Waals surface area contributed by atoms with Gasteiger partial charge in [-0.2, -0.15) is 5.10 Å². The van der Waals surface area contributed by atoms with Gasteiger partial charge in [-0.1, -0.05) is 0 Å². The number of hydrogen-bond donors (Lipinski definition) is 0. The van der Waals surface area contributed by atoms with Gasteiger partial charge >= 0.3 is 0 Å². The van der Waals surface area contributed by atoms with Crippen LogP contribution in [0, 0.1) is 0 Å². The number of ether oxygens (including phenoxy) is 1. The van der Waals surface area contributed by atoms with E-state index in [9.17, 15) is 4.79 Å². The minimum atomic E-state index is 0.0398. The van der Waals surface area contributed by atoms with Crippen molar-refractivity contribution >= 4 is 5.91 Å². The Bertz CT molecular complexity index is 499. The van der Waals surface area contributed by atoms with E-state index >= 15 is 0 Å². The van der Waals surface area contributed by atoms with Crippen LogP contribution in [0.3, 0.4) is 0 Å². The summed E-state index contributed by atoms with van der Waals surface area (Å²) >= 11 is 0. The average Bonchev–Trinajstić information content (AvgIpc) is 2.95. The van der Waals surface area contributed by atoms with E-state index in [2.05, 4.69) is 18.9 Å². The molecule has 1 saturated heterocycles. The maximum atomic E-state index is 12.8. The Kier molecular flexibility index (Phi) is 3.54. The quantitative estimate of drug-likeness (QED) is 0.845. The predicted molar refractivity (Wildman–Crippen MR) is 75.7 cm³/mol. The molecule has 5 heteroatoms.